The van der Waals surface area contributed by atoms with Crippen LogP contribution in [-0.4, -0.2) is 47.2 Å². The minimum absolute atomic E-state index is 0.0259. The smallest absolute Gasteiger partial charge is 0.226 e. The number of rotatable bonds is 3. The predicted octanol–water partition coefficient (Wildman–Crippen LogP) is 2.58. The second-order valence-electron chi connectivity index (χ2n) is 6.86. The molecule has 5 nitrogen and oxygen atoms in total. The van der Waals surface area contributed by atoms with E-state index in [-0.39, 0.29) is 30.1 Å². The van der Waals surface area contributed by atoms with E-state index in [9.17, 15) is 4.79 Å². The molecule has 1 aliphatic carbocycles. The number of carbonyl (C=O) groups excluding carboxylic acids is 1. The van der Waals surface area contributed by atoms with E-state index in [1.54, 1.807) is 12.4 Å². The third-order valence-corrected chi connectivity index (χ3v) is 5.30. The standard InChI is InChI=1S/C19H24N2O3/c22-19(14-6-2-1-3-7-14)21-13-17(18-16(21)9-5-11-23-18)24-15-8-4-10-20-12-15/h1-2,4,8,10,12,14,16-18H,3,5-7,9,11,13H2/t14-,16+,17+,18-/m0/s1. The lowest BCUT2D eigenvalue weighted by Gasteiger charge is -2.33. The number of amides is 1. The third-order valence-electron chi connectivity index (χ3n) is 5.30. The Kier molecular flexibility index (Phi) is 4.52. The van der Waals surface area contributed by atoms with E-state index >= 15 is 0 Å². The second-order valence-corrected chi connectivity index (χ2v) is 6.86. The van der Waals surface area contributed by atoms with Crippen LogP contribution in [0.4, 0.5) is 0 Å². The van der Waals surface area contributed by atoms with Crippen LogP contribution < -0.4 is 4.74 Å². The molecule has 5 heteroatoms. The van der Waals surface area contributed by atoms with E-state index in [2.05, 4.69) is 17.1 Å². The Morgan fingerprint density at radius 1 is 1.33 bits per heavy atom. The molecule has 1 amide bonds. The van der Waals surface area contributed by atoms with Crippen LogP contribution in [0.15, 0.2) is 36.7 Å². The lowest BCUT2D eigenvalue weighted by atomic mass is 9.92. The summed E-state index contributed by atoms with van der Waals surface area (Å²) in [5.41, 5.74) is 0. The molecule has 0 saturated carbocycles. The average Bonchev–Trinajstić information content (AvgIpc) is 3.01. The van der Waals surface area contributed by atoms with Crippen LogP contribution in [-0.2, 0) is 9.53 Å². The molecule has 0 bridgehead atoms. The minimum Gasteiger partial charge on any atom is -0.484 e. The molecule has 3 heterocycles. The van der Waals surface area contributed by atoms with Crippen LogP contribution in [0.3, 0.4) is 0 Å². The van der Waals surface area contributed by atoms with Crippen molar-refractivity contribution in [3.8, 4) is 5.75 Å². The topological polar surface area (TPSA) is 51.7 Å². The number of allylic oxidation sites excluding steroid dienone is 2. The molecule has 4 rings (SSSR count). The highest BCUT2D eigenvalue weighted by molar-refractivity contribution is 5.80. The summed E-state index contributed by atoms with van der Waals surface area (Å²) >= 11 is 0. The SMILES string of the molecule is O=C([C@H]1CC=CCC1)N1C[C@@H](Oc2cccnc2)[C@H]2OCCC[C@H]21. The number of ether oxygens (including phenoxy) is 2. The molecular weight excluding hydrogens is 304 g/mol. The van der Waals surface area contributed by atoms with Crippen LogP contribution in [0.1, 0.15) is 32.1 Å². The first kappa shape index (κ1) is 15.6. The summed E-state index contributed by atoms with van der Waals surface area (Å²) in [6.07, 6.45) is 12.5. The molecule has 4 atom stereocenters. The number of fused-ring (bicyclic) bond motifs is 1. The van der Waals surface area contributed by atoms with Gasteiger partial charge in [0.15, 0.2) is 0 Å². The van der Waals surface area contributed by atoms with Gasteiger partial charge in [-0.15, -0.1) is 0 Å². The summed E-state index contributed by atoms with van der Waals surface area (Å²) < 4.78 is 12.1. The van der Waals surface area contributed by atoms with Gasteiger partial charge in [-0.25, -0.2) is 0 Å². The molecule has 1 aromatic heterocycles. The number of pyridine rings is 1. The molecule has 128 valence electrons. The quantitative estimate of drug-likeness (QED) is 0.800. The van der Waals surface area contributed by atoms with Crippen molar-refractivity contribution in [2.75, 3.05) is 13.2 Å². The molecule has 24 heavy (non-hydrogen) atoms. The van der Waals surface area contributed by atoms with Gasteiger partial charge in [-0.1, -0.05) is 12.2 Å². The molecule has 2 saturated heterocycles. The highest BCUT2D eigenvalue weighted by Gasteiger charge is 2.48. The fraction of sp³-hybridized carbons (Fsp3) is 0.579. The first-order valence-electron chi connectivity index (χ1n) is 8.96. The number of nitrogens with zero attached hydrogens (tertiary/aromatic N) is 2. The van der Waals surface area contributed by atoms with Gasteiger partial charge in [-0.05, 0) is 44.2 Å². The molecule has 2 fully saturated rings. The van der Waals surface area contributed by atoms with E-state index in [1.807, 2.05) is 17.0 Å². The zero-order chi connectivity index (χ0) is 16.4. The number of likely N-dealkylation sites (tertiary alicyclic amines) is 1. The van der Waals surface area contributed by atoms with Crippen molar-refractivity contribution in [2.24, 2.45) is 5.92 Å². The van der Waals surface area contributed by atoms with E-state index in [0.717, 1.165) is 44.5 Å². The lowest BCUT2D eigenvalue weighted by molar-refractivity contribution is -0.139. The molecule has 0 aromatic carbocycles. The van der Waals surface area contributed by atoms with Crippen molar-refractivity contribution < 1.29 is 14.3 Å². The molecule has 0 unspecified atom stereocenters. The highest BCUT2D eigenvalue weighted by atomic mass is 16.5. The summed E-state index contributed by atoms with van der Waals surface area (Å²) in [5, 5.41) is 0. The van der Waals surface area contributed by atoms with Gasteiger partial charge in [0, 0.05) is 18.7 Å². The maximum atomic E-state index is 13.0. The van der Waals surface area contributed by atoms with Gasteiger partial charge in [0.05, 0.1) is 18.8 Å². The number of aromatic nitrogens is 1. The normalized spacial score (nSPS) is 32.4. The Balaban J connectivity index is 1.50. The number of hydrogen-bond acceptors (Lipinski definition) is 4. The monoisotopic (exact) mass is 328 g/mol. The summed E-state index contributed by atoms with van der Waals surface area (Å²) in [6, 6.07) is 3.92. The van der Waals surface area contributed by atoms with E-state index < -0.39 is 0 Å². The van der Waals surface area contributed by atoms with Crippen LogP contribution in [0.25, 0.3) is 0 Å². The number of hydrogen-bond donors (Lipinski definition) is 0. The van der Waals surface area contributed by atoms with Crippen molar-refractivity contribution >= 4 is 5.91 Å². The van der Waals surface area contributed by atoms with Gasteiger partial charge in [0.25, 0.3) is 0 Å². The van der Waals surface area contributed by atoms with Gasteiger partial charge < -0.3 is 14.4 Å². The fourth-order valence-corrected chi connectivity index (χ4v) is 4.11. The summed E-state index contributed by atoms with van der Waals surface area (Å²) in [6.45, 7) is 1.37. The lowest BCUT2D eigenvalue weighted by Crippen LogP contribution is -2.46. The van der Waals surface area contributed by atoms with Gasteiger partial charge >= 0.3 is 0 Å². The Hall–Kier alpha value is -1.88. The zero-order valence-electron chi connectivity index (χ0n) is 13.8. The van der Waals surface area contributed by atoms with Crippen molar-refractivity contribution in [3.63, 3.8) is 0 Å². The first-order chi connectivity index (χ1) is 11.8. The Labute approximate surface area is 142 Å². The maximum absolute atomic E-state index is 13.0. The molecule has 0 radical (unpaired) electrons. The number of carbonyl (C=O) groups is 1. The molecule has 3 aliphatic rings. The molecular formula is C19H24N2O3. The molecule has 2 aliphatic heterocycles. The maximum Gasteiger partial charge on any atom is 0.226 e. The summed E-state index contributed by atoms with van der Waals surface area (Å²) in [5.74, 6) is 1.14. The van der Waals surface area contributed by atoms with E-state index in [0.29, 0.717) is 6.54 Å². The summed E-state index contributed by atoms with van der Waals surface area (Å²) in [4.78, 5) is 19.2. The Bertz CT molecular complexity index is 604. The molecule has 0 N–H and O–H groups in total. The van der Waals surface area contributed by atoms with Crippen LogP contribution >= 0.6 is 0 Å². The van der Waals surface area contributed by atoms with Crippen molar-refractivity contribution in [2.45, 2.75) is 50.4 Å². The molecule has 1 aromatic rings. The van der Waals surface area contributed by atoms with Gasteiger partial charge in [-0.2, -0.15) is 0 Å². The first-order valence-corrected chi connectivity index (χ1v) is 8.96. The minimum atomic E-state index is -0.109. The van der Waals surface area contributed by atoms with Crippen LogP contribution in [0, 0.1) is 5.92 Å². The van der Waals surface area contributed by atoms with Crippen molar-refractivity contribution in [1.82, 2.24) is 9.88 Å². The Morgan fingerprint density at radius 3 is 3.08 bits per heavy atom. The zero-order valence-corrected chi connectivity index (χ0v) is 13.8. The fourth-order valence-electron chi connectivity index (χ4n) is 4.11. The average molecular weight is 328 g/mol. The third kappa shape index (κ3) is 3.05. The van der Waals surface area contributed by atoms with E-state index in [4.69, 9.17) is 9.47 Å². The van der Waals surface area contributed by atoms with Gasteiger partial charge in [0.1, 0.15) is 18.0 Å². The van der Waals surface area contributed by atoms with E-state index in [1.165, 1.54) is 0 Å². The largest absolute Gasteiger partial charge is 0.484 e. The predicted molar refractivity (Wildman–Crippen MR) is 89.6 cm³/mol. The van der Waals surface area contributed by atoms with Gasteiger partial charge in [-0.3, -0.25) is 9.78 Å². The van der Waals surface area contributed by atoms with Crippen molar-refractivity contribution in [3.05, 3.63) is 36.7 Å². The highest BCUT2D eigenvalue weighted by Crippen LogP contribution is 2.34. The molecule has 0 spiro atoms. The summed E-state index contributed by atoms with van der Waals surface area (Å²) in [7, 11) is 0. The van der Waals surface area contributed by atoms with Crippen molar-refractivity contribution in [1.29, 1.82) is 0 Å². The van der Waals surface area contributed by atoms with Gasteiger partial charge in [0.2, 0.25) is 5.91 Å². The second kappa shape index (κ2) is 6.93. The van der Waals surface area contributed by atoms with Crippen LogP contribution in [0.2, 0.25) is 0 Å². The Morgan fingerprint density at radius 2 is 2.29 bits per heavy atom. The van der Waals surface area contributed by atoms with Crippen LogP contribution in [0.5, 0.6) is 5.75 Å².